The van der Waals surface area contributed by atoms with Gasteiger partial charge in [0.1, 0.15) is 12.7 Å². The summed E-state index contributed by atoms with van der Waals surface area (Å²) in [5, 5.41) is 13.9. The topological polar surface area (TPSA) is 190 Å². The van der Waals surface area contributed by atoms with Crippen molar-refractivity contribution in [2.75, 3.05) is 36.1 Å². The number of amides is 1. The molecule has 12 heteroatoms. The first-order chi connectivity index (χ1) is 15.3. The second-order valence-electron chi connectivity index (χ2n) is 8.50. The molecular weight excluding hydrogens is 412 g/mol. The Kier molecular flexibility index (Phi) is 6.48. The molecule has 4 rings (SSSR count). The van der Waals surface area contributed by atoms with E-state index in [-0.39, 0.29) is 18.1 Å². The van der Waals surface area contributed by atoms with E-state index in [1.807, 2.05) is 16.0 Å². The van der Waals surface area contributed by atoms with E-state index in [2.05, 4.69) is 15.0 Å². The molecule has 1 aromatic carbocycles. The summed E-state index contributed by atoms with van der Waals surface area (Å²) < 4.78 is 0. The smallest absolute Gasteiger partial charge is 0.250 e. The van der Waals surface area contributed by atoms with Crippen LogP contribution in [0, 0.1) is 0 Å². The molecule has 0 bridgehead atoms. The number of anilines is 3. The molecule has 172 valence electrons. The van der Waals surface area contributed by atoms with Gasteiger partial charge >= 0.3 is 0 Å². The summed E-state index contributed by atoms with van der Waals surface area (Å²) in [6.07, 6.45) is 3.47. The first kappa shape index (κ1) is 22.3. The molecule has 2 aromatic rings. The lowest BCUT2D eigenvalue weighted by atomic mass is 10.0. The van der Waals surface area contributed by atoms with Gasteiger partial charge in [0.15, 0.2) is 0 Å². The molecule has 2 saturated heterocycles. The van der Waals surface area contributed by atoms with Crippen LogP contribution >= 0.6 is 0 Å². The highest BCUT2D eigenvalue weighted by Gasteiger charge is 2.32. The minimum absolute atomic E-state index is 0.154. The standard InChI is InChI=1S/C20H30N10O2/c21-12-3-13(22)8-29(7-12)30(20-26-10-25-11-27-20)18-5-15(1-2-17(18)19(24)32)28-6-14(23)4-16(31)9-28/h1-2,5,10-14,16,31H,3-4,6-9,21-23H2,(H2,24,32)/t12-,13+,14-,16+/m0/s1. The molecule has 1 aromatic heterocycles. The average molecular weight is 443 g/mol. The lowest BCUT2D eigenvalue weighted by molar-refractivity contribution is 0.0999. The van der Waals surface area contributed by atoms with Crippen molar-refractivity contribution in [1.82, 2.24) is 20.0 Å². The summed E-state index contributed by atoms with van der Waals surface area (Å²) >= 11 is 0. The number of aliphatic hydroxyl groups excluding tert-OH is 1. The number of rotatable bonds is 5. The van der Waals surface area contributed by atoms with E-state index in [9.17, 15) is 9.90 Å². The van der Waals surface area contributed by atoms with Crippen molar-refractivity contribution in [2.45, 2.75) is 37.1 Å². The number of carbonyl (C=O) groups excluding carboxylic acids is 1. The molecule has 4 atom stereocenters. The van der Waals surface area contributed by atoms with Crippen LogP contribution in [0.4, 0.5) is 17.3 Å². The second-order valence-corrected chi connectivity index (χ2v) is 8.50. The van der Waals surface area contributed by atoms with Crippen LogP contribution in [0.2, 0.25) is 0 Å². The maximum Gasteiger partial charge on any atom is 0.250 e. The van der Waals surface area contributed by atoms with Gasteiger partial charge in [-0.05, 0) is 31.0 Å². The predicted molar refractivity (Wildman–Crippen MR) is 120 cm³/mol. The molecule has 0 spiro atoms. The van der Waals surface area contributed by atoms with E-state index in [0.29, 0.717) is 56.2 Å². The molecule has 0 aliphatic carbocycles. The summed E-state index contributed by atoms with van der Waals surface area (Å²) in [5.41, 5.74) is 25.9. The number of hydrogen-bond donors (Lipinski definition) is 5. The van der Waals surface area contributed by atoms with E-state index in [4.69, 9.17) is 22.9 Å². The average Bonchev–Trinajstić information content (AvgIpc) is 2.73. The van der Waals surface area contributed by atoms with Crippen LogP contribution < -0.4 is 32.8 Å². The molecule has 0 radical (unpaired) electrons. The van der Waals surface area contributed by atoms with Crippen LogP contribution in [-0.2, 0) is 0 Å². The Labute approximate surface area is 186 Å². The summed E-state index contributed by atoms with van der Waals surface area (Å²) in [6, 6.07) is 4.83. The zero-order valence-electron chi connectivity index (χ0n) is 17.8. The third-order valence-corrected chi connectivity index (χ3v) is 5.75. The van der Waals surface area contributed by atoms with Crippen LogP contribution in [0.25, 0.3) is 0 Å². The first-order valence-corrected chi connectivity index (χ1v) is 10.6. The number of aliphatic hydroxyl groups is 1. The van der Waals surface area contributed by atoms with Crippen LogP contribution in [0.5, 0.6) is 0 Å². The van der Waals surface area contributed by atoms with Crippen molar-refractivity contribution < 1.29 is 9.90 Å². The highest BCUT2D eigenvalue weighted by Crippen LogP contribution is 2.33. The van der Waals surface area contributed by atoms with Crippen molar-refractivity contribution in [3.8, 4) is 0 Å². The number of hydrogen-bond acceptors (Lipinski definition) is 11. The maximum atomic E-state index is 12.4. The minimum atomic E-state index is -0.591. The van der Waals surface area contributed by atoms with Crippen molar-refractivity contribution in [2.24, 2.45) is 22.9 Å². The molecule has 0 saturated carbocycles. The molecule has 2 fully saturated rings. The van der Waals surface area contributed by atoms with Gasteiger partial charge in [0, 0.05) is 50.0 Å². The lowest BCUT2D eigenvalue weighted by Gasteiger charge is -2.42. The molecule has 12 nitrogen and oxygen atoms in total. The fraction of sp³-hybridized carbons (Fsp3) is 0.500. The van der Waals surface area contributed by atoms with Crippen LogP contribution in [0.1, 0.15) is 23.2 Å². The number of aromatic nitrogens is 3. The fourth-order valence-corrected chi connectivity index (χ4v) is 4.47. The second kappa shape index (κ2) is 9.30. The SMILES string of the molecule is NC(=O)c1ccc(N2C[C@@H](N)C[C@@H](O)C2)cc1N(c1ncncn1)N1C[C@H](N)C[C@H](N)C1. The number of nitrogens with zero attached hydrogens (tertiary/aromatic N) is 6. The number of piperidine rings is 2. The normalized spacial score (nSPS) is 26.7. The highest BCUT2D eigenvalue weighted by molar-refractivity contribution is 6.00. The number of benzene rings is 1. The number of hydrazine groups is 1. The molecule has 2 aliphatic rings. The molecule has 0 unspecified atom stereocenters. The van der Waals surface area contributed by atoms with E-state index in [0.717, 1.165) is 5.69 Å². The van der Waals surface area contributed by atoms with Crippen molar-refractivity contribution in [3.05, 3.63) is 36.4 Å². The highest BCUT2D eigenvalue weighted by atomic mass is 16.3. The van der Waals surface area contributed by atoms with Crippen LogP contribution in [-0.4, -0.2) is 81.4 Å². The molecular formula is C20H30N10O2. The van der Waals surface area contributed by atoms with Gasteiger partial charge in [-0.15, -0.1) is 0 Å². The van der Waals surface area contributed by atoms with Gasteiger partial charge in [0.25, 0.3) is 5.91 Å². The predicted octanol–water partition coefficient (Wildman–Crippen LogP) is -1.72. The van der Waals surface area contributed by atoms with Gasteiger partial charge in [0.2, 0.25) is 5.95 Å². The largest absolute Gasteiger partial charge is 0.391 e. The Bertz CT molecular complexity index is 925. The Morgan fingerprint density at radius 2 is 1.66 bits per heavy atom. The summed E-state index contributed by atoms with van der Waals surface area (Å²) in [4.78, 5) is 26.9. The molecule has 9 N–H and O–H groups in total. The number of nitrogens with two attached hydrogens (primary N) is 4. The van der Waals surface area contributed by atoms with Gasteiger partial charge in [-0.1, -0.05) is 0 Å². The van der Waals surface area contributed by atoms with E-state index in [1.165, 1.54) is 12.7 Å². The van der Waals surface area contributed by atoms with Crippen LogP contribution in [0.3, 0.4) is 0 Å². The van der Waals surface area contributed by atoms with E-state index < -0.39 is 12.0 Å². The van der Waals surface area contributed by atoms with Gasteiger partial charge < -0.3 is 32.9 Å². The monoisotopic (exact) mass is 442 g/mol. The Hall–Kier alpha value is -2.90. The maximum absolute atomic E-state index is 12.4. The Balaban J connectivity index is 1.81. The zero-order valence-corrected chi connectivity index (χ0v) is 17.8. The molecule has 2 aliphatic heterocycles. The summed E-state index contributed by atoms with van der Waals surface area (Å²) in [7, 11) is 0. The van der Waals surface area contributed by atoms with Crippen LogP contribution in [0.15, 0.2) is 30.9 Å². The molecule has 3 heterocycles. The van der Waals surface area contributed by atoms with Crippen molar-refractivity contribution in [1.29, 1.82) is 0 Å². The summed E-state index contributed by atoms with van der Waals surface area (Å²) in [6.45, 7) is 2.01. The Morgan fingerprint density at radius 1 is 1.00 bits per heavy atom. The minimum Gasteiger partial charge on any atom is -0.391 e. The summed E-state index contributed by atoms with van der Waals surface area (Å²) in [5.74, 6) is -0.275. The van der Waals surface area contributed by atoms with Gasteiger partial charge in [-0.25, -0.2) is 15.0 Å². The van der Waals surface area contributed by atoms with E-state index in [1.54, 1.807) is 17.1 Å². The number of primary amides is 1. The van der Waals surface area contributed by atoms with Gasteiger partial charge in [-0.2, -0.15) is 9.97 Å². The molecule has 32 heavy (non-hydrogen) atoms. The molecule has 1 amide bonds. The fourth-order valence-electron chi connectivity index (χ4n) is 4.47. The number of carbonyl (C=O) groups is 1. The third-order valence-electron chi connectivity index (χ3n) is 5.75. The Morgan fingerprint density at radius 3 is 2.28 bits per heavy atom. The van der Waals surface area contributed by atoms with E-state index >= 15 is 0 Å². The third kappa shape index (κ3) is 4.79. The van der Waals surface area contributed by atoms with Gasteiger partial charge in [0.05, 0.1) is 17.4 Å². The van der Waals surface area contributed by atoms with Gasteiger partial charge in [-0.3, -0.25) is 4.79 Å². The van der Waals surface area contributed by atoms with Crippen molar-refractivity contribution >= 4 is 23.2 Å². The first-order valence-electron chi connectivity index (χ1n) is 10.6. The lowest BCUT2D eigenvalue weighted by Crippen LogP contribution is -2.57. The zero-order chi connectivity index (χ0) is 22.8. The number of β-amino-alcohol motifs (C(OH)–C–C–N with tert-alkyl or cyclic N) is 1. The quantitative estimate of drug-likeness (QED) is 0.354. The van der Waals surface area contributed by atoms with Crippen molar-refractivity contribution in [3.63, 3.8) is 0 Å².